The Morgan fingerprint density at radius 1 is 0.509 bits per heavy atom. The zero-order valence-corrected chi connectivity index (χ0v) is 36.9. The van der Waals surface area contributed by atoms with E-state index >= 15 is 0 Å². The quantitative estimate of drug-likeness (QED) is 0.0368. The highest BCUT2D eigenvalue weighted by molar-refractivity contribution is 5.75. The second-order valence-electron chi connectivity index (χ2n) is 17.0. The van der Waals surface area contributed by atoms with Crippen LogP contribution in [0.15, 0.2) is 0 Å². The molecule has 0 saturated heterocycles. The van der Waals surface area contributed by atoms with Gasteiger partial charge >= 0.3 is 5.97 Å². The molecule has 2 N–H and O–H groups in total. The van der Waals surface area contributed by atoms with Crippen molar-refractivity contribution in [3.05, 3.63) is 0 Å². The third-order valence-electron chi connectivity index (χ3n) is 10.9. The number of likely N-dealkylation sites (N-methyl/N-ethyl adjacent to an activating group) is 1. The average molecular weight is 774 g/mol. The van der Waals surface area contributed by atoms with Crippen LogP contribution in [-0.4, -0.2) is 67.9 Å². The Balaban J connectivity index is 0. The summed E-state index contributed by atoms with van der Waals surface area (Å²) in [5, 5.41) is 13.6. The van der Waals surface area contributed by atoms with Gasteiger partial charge in [0.1, 0.15) is 19.3 Å². The molecule has 53 heavy (non-hydrogen) atoms. The van der Waals surface area contributed by atoms with Crippen LogP contribution in [0.1, 0.15) is 239 Å². The van der Waals surface area contributed by atoms with Crippen molar-refractivity contribution < 1.29 is 36.3 Å². The van der Waals surface area contributed by atoms with E-state index in [1.54, 1.807) is 0 Å². The van der Waals surface area contributed by atoms with Gasteiger partial charge in [0.15, 0.2) is 0 Å². The van der Waals surface area contributed by atoms with Crippen molar-refractivity contribution in [1.82, 2.24) is 5.32 Å². The van der Waals surface area contributed by atoms with Gasteiger partial charge in [0.25, 0.3) is 0 Å². The molecule has 0 radical (unpaired) electrons. The number of esters is 1. The molecule has 1 amide bonds. The van der Waals surface area contributed by atoms with Crippen molar-refractivity contribution >= 4 is 11.9 Å². The van der Waals surface area contributed by atoms with Crippen LogP contribution in [0, 0.1) is 0 Å². The Bertz CT molecular complexity index is 766. The summed E-state index contributed by atoms with van der Waals surface area (Å²) in [5.74, 6) is -0.0337. The first-order valence-electron chi connectivity index (χ1n) is 23.2. The molecule has 1 unspecified atom stereocenters. The summed E-state index contributed by atoms with van der Waals surface area (Å²) < 4.78 is 6.01. The first-order chi connectivity index (χ1) is 25.3. The number of halogens is 1. The fourth-order valence-corrected chi connectivity index (χ4v) is 7.45. The number of aliphatic hydroxyl groups excluding tert-OH is 1. The van der Waals surface area contributed by atoms with Crippen LogP contribution < -0.4 is 17.7 Å². The van der Waals surface area contributed by atoms with E-state index in [4.69, 9.17) is 4.74 Å². The first-order valence-corrected chi connectivity index (χ1v) is 23.2. The maximum atomic E-state index is 12.3. The van der Waals surface area contributed by atoms with E-state index in [9.17, 15) is 14.7 Å². The molecule has 0 spiro atoms. The monoisotopic (exact) mass is 773 g/mol. The van der Waals surface area contributed by atoms with Gasteiger partial charge in [-0.3, -0.25) is 9.59 Å². The van der Waals surface area contributed by atoms with E-state index in [0.717, 1.165) is 38.6 Å². The van der Waals surface area contributed by atoms with E-state index < -0.39 is 6.10 Å². The predicted molar refractivity (Wildman–Crippen MR) is 225 cm³/mol. The fourth-order valence-electron chi connectivity index (χ4n) is 7.45. The van der Waals surface area contributed by atoms with Crippen LogP contribution in [0.4, 0.5) is 0 Å². The number of carbonyl (C=O) groups is 2. The van der Waals surface area contributed by atoms with E-state index in [1.165, 1.54) is 180 Å². The molecule has 6 nitrogen and oxygen atoms in total. The minimum absolute atomic E-state index is 0. The number of quaternary nitrogens is 1. The molecule has 0 aliphatic heterocycles. The normalized spacial score (nSPS) is 12.1. The number of hydrogen-bond acceptors (Lipinski definition) is 4. The van der Waals surface area contributed by atoms with Gasteiger partial charge in [-0.25, -0.2) is 0 Å². The van der Waals surface area contributed by atoms with E-state index in [2.05, 4.69) is 33.3 Å². The van der Waals surface area contributed by atoms with Gasteiger partial charge in [0.2, 0.25) is 5.91 Å². The minimum Gasteiger partial charge on any atom is -1.00 e. The molecule has 0 aliphatic rings. The number of hydrogen-bond donors (Lipinski definition) is 2. The smallest absolute Gasteiger partial charge is 0.305 e. The van der Waals surface area contributed by atoms with Gasteiger partial charge in [0.05, 0.1) is 20.6 Å². The van der Waals surface area contributed by atoms with Gasteiger partial charge in [-0.15, -0.1) is 0 Å². The third-order valence-corrected chi connectivity index (χ3v) is 10.9. The Kier molecular flexibility index (Phi) is 43.3. The molecule has 0 bridgehead atoms. The summed E-state index contributed by atoms with van der Waals surface area (Å²) in [7, 11) is 4.17. The number of carbonyl (C=O) groups excluding carboxylic acids is 2. The van der Waals surface area contributed by atoms with Gasteiger partial charge in [0, 0.05) is 25.8 Å². The molecule has 0 fully saturated rings. The number of ether oxygens (including phenoxy) is 1. The van der Waals surface area contributed by atoms with Crippen molar-refractivity contribution in [2.45, 2.75) is 245 Å². The second-order valence-corrected chi connectivity index (χ2v) is 17.0. The van der Waals surface area contributed by atoms with Gasteiger partial charge < -0.3 is 32.1 Å². The zero-order valence-electron chi connectivity index (χ0n) is 36.2. The predicted octanol–water partition coefficient (Wildman–Crippen LogP) is 9.78. The molecule has 0 aromatic heterocycles. The van der Waals surface area contributed by atoms with Crippen LogP contribution in [0.2, 0.25) is 0 Å². The number of aliphatic hydroxyl groups is 1. The standard InChI is InChI=1S/C46H92N2O4.ClH/c1-5-7-9-11-13-15-17-19-21-22-24-25-27-29-31-33-35-38-45(50)47-40-37-41-48(3,4)42-44(49)43-52-46(51)39-36-34-32-30-28-26-23-20-18-16-14-12-10-8-6-2;/h44,49H,5-43H2,1-4H3;1H. The van der Waals surface area contributed by atoms with Crippen molar-refractivity contribution in [2.75, 3.05) is 40.3 Å². The van der Waals surface area contributed by atoms with Crippen LogP contribution in [-0.2, 0) is 14.3 Å². The molecule has 0 rings (SSSR count). The number of amides is 1. The lowest BCUT2D eigenvalue weighted by Gasteiger charge is -2.31. The highest BCUT2D eigenvalue weighted by Gasteiger charge is 2.21. The van der Waals surface area contributed by atoms with Crippen molar-refractivity contribution in [3.8, 4) is 0 Å². The van der Waals surface area contributed by atoms with E-state index in [-0.39, 0.29) is 30.9 Å². The third kappa shape index (κ3) is 43.7. The van der Waals surface area contributed by atoms with Crippen LogP contribution in [0.5, 0.6) is 0 Å². The van der Waals surface area contributed by atoms with E-state index in [1.807, 2.05) is 0 Å². The van der Waals surface area contributed by atoms with Gasteiger partial charge in [-0.05, 0) is 12.8 Å². The maximum Gasteiger partial charge on any atom is 0.305 e. The van der Waals surface area contributed by atoms with Crippen LogP contribution in [0.25, 0.3) is 0 Å². The largest absolute Gasteiger partial charge is 1.00 e. The Morgan fingerprint density at radius 2 is 0.830 bits per heavy atom. The van der Waals surface area contributed by atoms with Gasteiger partial charge in [-0.2, -0.15) is 0 Å². The van der Waals surface area contributed by atoms with Gasteiger partial charge in [-0.1, -0.05) is 206 Å². The van der Waals surface area contributed by atoms with Crippen LogP contribution in [0.3, 0.4) is 0 Å². The maximum absolute atomic E-state index is 12.3. The lowest BCUT2D eigenvalue weighted by atomic mass is 10.0. The topological polar surface area (TPSA) is 75.6 Å². The highest BCUT2D eigenvalue weighted by Crippen LogP contribution is 2.16. The molecule has 0 aromatic carbocycles. The minimum atomic E-state index is -0.672. The van der Waals surface area contributed by atoms with E-state index in [0.29, 0.717) is 30.4 Å². The molecule has 318 valence electrons. The fraction of sp³-hybridized carbons (Fsp3) is 0.957. The van der Waals surface area contributed by atoms with Crippen molar-refractivity contribution in [3.63, 3.8) is 0 Å². The summed E-state index contributed by atoms with van der Waals surface area (Å²) in [5.41, 5.74) is 0. The molecular weight excluding hydrogens is 680 g/mol. The summed E-state index contributed by atoms with van der Waals surface area (Å²) in [6.45, 7) is 6.67. The number of nitrogens with one attached hydrogen (secondary N) is 1. The Hall–Kier alpha value is -0.850. The van der Waals surface area contributed by atoms with Crippen molar-refractivity contribution in [2.24, 2.45) is 0 Å². The lowest BCUT2D eigenvalue weighted by Crippen LogP contribution is -3.00. The average Bonchev–Trinajstić information content (AvgIpc) is 3.12. The Labute approximate surface area is 337 Å². The molecule has 0 heterocycles. The number of nitrogens with zero attached hydrogens (tertiary/aromatic N) is 1. The van der Waals surface area contributed by atoms with Crippen LogP contribution >= 0.6 is 0 Å². The summed E-state index contributed by atoms with van der Waals surface area (Å²) in [6.07, 6.45) is 43.8. The summed E-state index contributed by atoms with van der Waals surface area (Å²) in [4.78, 5) is 24.5. The number of rotatable bonds is 42. The summed E-state index contributed by atoms with van der Waals surface area (Å²) in [6, 6.07) is 0. The molecular formula is C46H93ClN2O4. The second kappa shape index (κ2) is 42.3. The number of unbranched alkanes of at least 4 members (excludes halogenated alkanes) is 30. The highest BCUT2D eigenvalue weighted by atomic mass is 35.5. The molecule has 7 heteroatoms. The molecule has 0 aliphatic carbocycles. The van der Waals surface area contributed by atoms with Crippen molar-refractivity contribution in [1.29, 1.82) is 0 Å². The zero-order chi connectivity index (χ0) is 38.2. The summed E-state index contributed by atoms with van der Waals surface area (Å²) >= 11 is 0. The lowest BCUT2D eigenvalue weighted by molar-refractivity contribution is -0.893. The molecule has 0 saturated carbocycles. The SMILES string of the molecule is CCCCCCCCCCCCCCCCCCCC(=O)NCCC[N+](C)(C)CC(O)COC(=O)CCCCCCCCCCCCCCCCC.[Cl-]. The first kappa shape index (κ1) is 54.3. The Morgan fingerprint density at radius 3 is 1.19 bits per heavy atom. The molecule has 0 aromatic rings. The molecule has 1 atom stereocenters.